The first-order valence-corrected chi connectivity index (χ1v) is 14.8. The molecule has 0 aromatic heterocycles. The first-order valence-electron chi connectivity index (χ1n) is 11.9. The quantitative estimate of drug-likeness (QED) is 0.189. The number of allylic oxidation sites excluding steroid dienone is 6. The molecule has 0 aromatic rings. The molecule has 0 saturated heterocycles. The summed E-state index contributed by atoms with van der Waals surface area (Å²) >= 11 is 0. The third-order valence-electron chi connectivity index (χ3n) is 6.51. The molecule has 1 unspecified atom stereocenters. The van der Waals surface area contributed by atoms with Gasteiger partial charge in [-0.2, -0.15) is 0 Å². The van der Waals surface area contributed by atoms with Crippen molar-refractivity contribution in [1.29, 1.82) is 0 Å². The summed E-state index contributed by atoms with van der Waals surface area (Å²) in [6.45, 7) is 20.3. The molecular formula is C27H46O3Si. The molecule has 0 bridgehead atoms. The van der Waals surface area contributed by atoms with E-state index in [1.807, 2.05) is 6.92 Å². The molecular weight excluding hydrogens is 400 g/mol. The van der Waals surface area contributed by atoms with Crippen molar-refractivity contribution in [2.45, 2.75) is 111 Å². The minimum Gasteiger partial charge on any atom is -0.463 e. The molecule has 0 spiro atoms. The highest BCUT2D eigenvalue weighted by molar-refractivity contribution is 6.74. The van der Waals surface area contributed by atoms with Crippen molar-refractivity contribution in [2.24, 2.45) is 0 Å². The van der Waals surface area contributed by atoms with Crippen molar-refractivity contribution in [3.05, 3.63) is 47.1 Å². The van der Waals surface area contributed by atoms with Gasteiger partial charge in [0, 0.05) is 6.08 Å². The summed E-state index contributed by atoms with van der Waals surface area (Å²) in [5.74, 6) is -0.268. The van der Waals surface area contributed by atoms with E-state index in [2.05, 4.69) is 78.9 Å². The Kier molecular flexibility index (Phi) is 10.7. The van der Waals surface area contributed by atoms with E-state index in [0.717, 1.165) is 44.1 Å². The Balaban J connectivity index is 3.32. The number of ether oxygens (including phenoxy) is 1. The van der Waals surface area contributed by atoms with E-state index in [-0.39, 0.29) is 16.6 Å². The highest BCUT2D eigenvalue weighted by atomic mass is 28.4. The molecule has 0 radical (unpaired) electrons. The summed E-state index contributed by atoms with van der Waals surface area (Å²) in [5, 5.41) is 0.139. The molecule has 1 aliphatic carbocycles. The van der Waals surface area contributed by atoms with Crippen LogP contribution in [0.4, 0.5) is 0 Å². The van der Waals surface area contributed by atoms with Crippen LogP contribution in [0, 0.1) is 0 Å². The standard InChI is InChI=1S/C27H46O3Si/c1-10-29-25(28)21-24-17-16-23(3)14-11-13-22(2)15-12-19-27(7,20-18-24)30-31(8,9)26(4,5)6/h14-15,18,20-21H,10-13,16-17,19H2,1-9H3/b20-18-,22-15+,23-14+,24-21+. The van der Waals surface area contributed by atoms with Crippen molar-refractivity contribution in [1.82, 2.24) is 0 Å². The van der Waals surface area contributed by atoms with Gasteiger partial charge in [-0.1, -0.05) is 56.2 Å². The first kappa shape index (κ1) is 27.6. The molecule has 3 nitrogen and oxygen atoms in total. The Morgan fingerprint density at radius 1 is 1.10 bits per heavy atom. The minimum atomic E-state index is -1.96. The number of carbonyl (C=O) groups is 1. The Morgan fingerprint density at radius 3 is 2.32 bits per heavy atom. The Morgan fingerprint density at radius 2 is 1.71 bits per heavy atom. The summed E-state index contributed by atoms with van der Waals surface area (Å²) in [6, 6.07) is 0. The summed E-state index contributed by atoms with van der Waals surface area (Å²) in [7, 11) is -1.96. The molecule has 0 saturated carbocycles. The molecule has 0 heterocycles. The third kappa shape index (κ3) is 10.2. The molecule has 0 N–H and O–H groups in total. The molecule has 1 aliphatic rings. The number of carbonyl (C=O) groups excluding carboxylic acids is 1. The molecule has 0 fully saturated rings. The van der Waals surface area contributed by atoms with Gasteiger partial charge in [-0.3, -0.25) is 0 Å². The number of hydrogen-bond donors (Lipinski definition) is 0. The van der Waals surface area contributed by atoms with Crippen molar-refractivity contribution < 1.29 is 14.0 Å². The van der Waals surface area contributed by atoms with Gasteiger partial charge >= 0.3 is 5.97 Å². The SMILES string of the molecule is CCOC(=O)/C=C1/C=C\C(C)(O[Si](C)(C)C(C)(C)C)CC/C=C(\C)CC/C=C(\C)CC1. The van der Waals surface area contributed by atoms with Gasteiger partial charge in [-0.05, 0) is 89.9 Å². The second kappa shape index (κ2) is 12.0. The average Bonchev–Trinajstić information content (AvgIpc) is 2.62. The van der Waals surface area contributed by atoms with E-state index in [1.54, 1.807) is 6.08 Å². The fourth-order valence-corrected chi connectivity index (χ4v) is 5.07. The van der Waals surface area contributed by atoms with E-state index >= 15 is 0 Å². The van der Waals surface area contributed by atoms with Crippen LogP contribution in [0.15, 0.2) is 47.1 Å². The van der Waals surface area contributed by atoms with Crippen LogP contribution in [0.5, 0.6) is 0 Å². The Labute approximate surface area is 192 Å². The maximum Gasteiger partial charge on any atom is 0.331 e. The van der Waals surface area contributed by atoms with Crippen molar-refractivity contribution in [2.75, 3.05) is 6.61 Å². The summed E-state index contributed by atoms with van der Waals surface area (Å²) in [6.07, 6.45) is 16.5. The topological polar surface area (TPSA) is 35.5 Å². The zero-order chi connectivity index (χ0) is 23.7. The van der Waals surface area contributed by atoms with Crippen molar-refractivity contribution >= 4 is 14.3 Å². The van der Waals surface area contributed by atoms with Crippen molar-refractivity contribution in [3.63, 3.8) is 0 Å². The second-order valence-electron chi connectivity index (χ2n) is 10.7. The van der Waals surface area contributed by atoms with Crippen molar-refractivity contribution in [3.8, 4) is 0 Å². The monoisotopic (exact) mass is 446 g/mol. The summed E-state index contributed by atoms with van der Waals surface area (Å²) < 4.78 is 12.1. The lowest BCUT2D eigenvalue weighted by Gasteiger charge is -2.43. The Bertz CT molecular complexity index is 719. The van der Waals surface area contributed by atoms with Crippen LogP contribution in [0.1, 0.15) is 87.0 Å². The molecule has 0 aromatic carbocycles. The van der Waals surface area contributed by atoms with E-state index in [9.17, 15) is 4.79 Å². The lowest BCUT2D eigenvalue weighted by Crippen LogP contribution is -2.47. The third-order valence-corrected chi connectivity index (χ3v) is 11.1. The maximum atomic E-state index is 12.1. The summed E-state index contributed by atoms with van der Waals surface area (Å²) in [5.41, 5.74) is 3.44. The maximum absolute atomic E-state index is 12.1. The number of esters is 1. The fraction of sp³-hybridized carbons (Fsp3) is 0.667. The van der Waals surface area contributed by atoms with Crippen LogP contribution in [-0.4, -0.2) is 26.5 Å². The largest absolute Gasteiger partial charge is 0.463 e. The molecule has 4 heteroatoms. The van der Waals surface area contributed by atoms with Crippen LogP contribution in [0.3, 0.4) is 0 Å². The lowest BCUT2D eigenvalue weighted by atomic mass is 9.95. The van der Waals surface area contributed by atoms with Crippen LogP contribution in [0.2, 0.25) is 18.1 Å². The molecule has 0 amide bonds. The minimum absolute atomic E-state index is 0.139. The molecule has 1 atom stereocenters. The zero-order valence-corrected chi connectivity index (χ0v) is 22.6. The van der Waals surface area contributed by atoms with Gasteiger partial charge in [-0.15, -0.1) is 0 Å². The Hall–Kier alpha value is -1.39. The predicted molar refractivity (Wildman–Crippen MR) is 136 cm³/mol. The summed E-state index contributed by atoms with van der Waals surface area (Å²) in [4.78, 5) is 12.1. The first-order chi connectivity index (χ1) is 14.3. The molecule has 1 rings (SSSR count). The number of rotatable bonds is 4. The van der Waals surface area contributed by atoms with Crippen LogP contribution in [0.25, 0.3) is 0 Å². The average molecular weight is 447 g/mol. The van der Waals surface area contributed by atoms with Gasteiger partial charge in [-0.25, -0.2) is 4.79 Å². The highest BCUT2D eigenvalue weighted by Gasteiger charge is 2.41. The van der Waals surface area contributed by atoms with E-state index in [1.165, 1.54) is 11.1 Å². The van der Waals surface area contributed by atoms with E-state index < -0.39 is 8.32 Å². The van der Waals surface area contributed by atoms with Crippen LogP contribution < -0.4 is 0 Å². The molecule has 31 heavy (non-hydrogen) atoms. The van der Waals surface area contributed by atoms with E-state index in [0.29, 0.717) is 6.61 Å². The second-order valence-corrected chi connectivity index (χ2v) is 15.4. The lowest BCUT2D eigenvalue weighted by molar-refractivity contribution is -0.137. The van der Waals surface area contributed by atoms with Gasteiger partial charge in [0.1, 0.15) is 0 Å². The van der Waals surface area contributed by atoms with E-state index in [4.69, 9.17) is 9.16 Å². The highest BCUT2D eigenvalue weighted by Crippen LogP contribution is 2.40. The normalized spacial score (nSPS) is 28.1. The van der Waals surface area contributed by atoms with Crippen LogP contribution in [-0.2, 0) is 14.0 Å². The predicted octanol–water partition coefficient (Wildman–Crippen LogP) is 8.06. The number of hydrogen-bond acceptors (Lipinski definition) is 3. The van der Waals surface area contributed by atoms with Gasteiger partial charge in [0.25, 0.3) is 0 Å². The van der Waals surface area contributed by atoms with Gasteiger partial charge in [0.15, 0.2) is 8.32 Å². The van der Waals surface area contributed by atoms with Gasteiger partial charge < -0.3 is 9.16 Å². The van der Waals surface area contributed by atoms with Crippen LogP contribution >= 0.6 is 0 Å². The van der Waals surface area contributed by atoms with Gasteiger partial charge in [0.2, 0.25) is 0 Å². The smallest absolute Gasteiger partial charge is 0.331 e. The molecule has 0 aliphatic heterocycles. The zero-order valence-electron chi connectivity index (χ0n) is 21.6. The molecule has 176 valence electrons. The van der Waals surface area contributed by atoms with Gasteiger partial charge in [0.05, 0.1) is 12.2 Å². The fourth-order valence-electron chi connectivity index (χ4n) is 3.42.